The number of oxime groups is 1. The summed E-state index contributed by atoms with van der Waals surface area (Å²) in [6, 6.07) is 23.8. The summed E-state index contributed by atoms with van der Waals surface area (Å²) in [6.07, 6.45) is 15.4. The molecule has 3 aromatic carbocycles. The summed E-state index contributed by atoms with van der Waals surface area (Å²) in [6.45, 7) is 17.0. The minimum atomic E-state index is -0.777. The fourth-order valence-electron chi connectivity index (χ4n) is 6.87. The lowest BCUT2D eigenvalue weighted by Crippen LogP contribution is -2.32. The molecule has 61 heavy (non-hydrogen) atoms. The summed E-state index contributed by atoms with van der Waals surface area (Å²) in [5.74, 6) is -0.101. The van der Waals surface area contributed by atoms with Crippen molar-refractivity contribution in [2.75, 3.05) is 13.1 Å². The molecule has 0 bridgehead atoms. The van der Waals surface area contributed by atoms with Crippen LogP contribution in [0.5, 0.6) is 0 Å². The van der Waals surface area contributed by atoms with E-state index in [1.54, 1.807) is 12.2 Å². The Bertz CT molecular complexity index is 2140. The predicted octanol–water partition coefficient (Wildman–Crippen LogP) is 11.6. The van der Waals surface area contributed by atoms with E-state index in [9.17, 15) is 14.4 Å². The first-order valence-electron chi connectivity index (χ1n) is 21.9. The van der Waals surface area contributed by atoms with Crippen LogP contribution in [0.1, 0.15) is 130 Å². The second-order valence-electron chi connectivity index (χ2n) is 17.6. The summed E-state index contributed by atoms with van der Waals surface area (Å²) >= 11 is 0. The number of hydrogen-bond donors (Lipinski definition) is 1. The van der Waals surface area contributed by atoms with Crippen molar-refractivity contribution in [2.24, 2.45) is 5.16 Å². The van der Waals surface area contributed by atoms with E-state index < -0.39 is 29.2 Å². The van der Waals surface area contributed by atoms with Crippen molar-refractivity contribution in [1.29, 1.82) is 0 Å². The van der Waals surface area contributed by atoms with Crippen molar-refractivity contribution in [2.45, 2.75) is 130 Å². The second-order valence-corrected chi connectivity index (χ2v) is 17.6. The number of amides is 1. The minimum Gasteiger partial charge on any atom is -0.457 e. The molecule has 2 heterocycles. The fraction of sp³-hybridized carbons (Fsp3) is 0.431. The van der Waals surface area contributed by atoms with Gasteiger partial charge in [-0.25, -0.2) is 14.6 Å². The molecular weight excluding hydrogens is 765 g/mol. The monoisotopic (exact) mass is 828 g/mol. The average Bonchev–Trinajstić information content (AvgIpc) is 3.90. The number of unbranched alkanes of at least 4 members (excludes halogenated alkanes) is 6. The number of imidazole rings is 1. The van der Waals surface area contributed by atoms with E-state index in [2.05, 4.69) is 24.0 Å². The Hall–Kier alpha value is -5.77. The molecule has 1 amide bonds. The van der Waals surface area contributed by atoms with Crippen LogP contribution < -0.4 is 0 Å². The highest BCUT2D eigenvalue weighted by atomic mass is 16.7. The topological polar surface area (TPSA) is 123 Å². The highest BCUT2D eigenvalue weighted by molar-refractivity contribution is 6.03. The van der Waals surface area contributed by atoms with Crippen molar-refractivity contribution in [1.82, 2.24) is 14.9 Å². The molecule has 0 saturated heterocycles. The maximum Gasteiger partial charge on any atom is 0.351 e. The number of nitrogens with zero attached hydrogens (tertiary/aromatic N) is 3. The van der Waals surface area contributed by atoms with Gasteiger partial charge in [-0.05, 0) is 83.2 Å². The van der Waals surface area contributed by atoms with Gasteiger partial charge >= 0.3 is 11.9 Å². The number of aromatic nitrogens is 2. The molecule has 1 N–H and O–H groups in total. The van der Waals surface area contributed by atoms with Crippen LogP contribution in [0.3, 0.4) is 0 Å². The molecule has 0 radical (unpaired) electrons. The number of carbonyl (C=O) groups excluding carboxylic acids is 3. The molecule has 1 aromatic heterocycles. The van der Waals surface area contributed by atoms with Crippen LogP contribution in [-0.4, -0.2) is 68.8 Å². The normalized spacial score (nSPS) is 14.3. The third-order valence-corrected chi connectivity index (χ3v) is 10.0. The largest absolute Gasteiger partial charge is 0.457 e. The smallest absolute Gasteiger partial charge is 0.351 e. The molecule has 1 aliphatic rings. The van der Waals surface area contributed by atoms with E-state index in [0.29, 0.717) is 18.0 Å². The van der Waals surface area contributed by atoms with E-state index in [1.807, 2.05) is 125 Å². The van der Waals surface area contributed by atoms with Crippen molar-refractivity contribution in [3.05, 3.63) is 102 Å². The Morgan fingerprint density at radius 3 is 1.77 bits per heavy atom. The van der Waals surface area contributed by atoms with E-state index in [-0.39, 0.29) is 5.91 Å². The first-order chi connectivity index (χ1) is 29.1. The Labute approximate surface area is 362 Å². The number of aromatic amines is 1. The van der Waals surface area contributed by atoms with Gasteiger partial charge in [-0.2, -0.15) is 0 Å². The third-order valence-electron chi connectivity index (χ3n) is 10.0. The van der Waals surface area contributed by atoms with Gasteiger partial charge < -0.3 is 24.2 Å². The number of benzene rings is 3. The van der Waals surface area contributed by atoms with Crippen LogP contribution in [0.2, 0.25) is 0 Å². The van der Waals surface area contributed by atoms with Gasteiger partial charge in [0.05, 0.1) is 17.1 Å². The number of rotatable bonds is 19. The molecule has 324 valence electrons. The predicted molar refractivity (Wildman–Crippen MR) is 246 cm³/mol. The van der Waals surface area contributed by atoms with Gasteiger partial charge in [0, 0.05) is 48.4 Å². The van der Waals surface area contributed by atoms with Crippen LogP contribution in [0, 0.1) is 0 Å². The highest BCUT2D eigenvalue weighted by Gasteiger charge is 2.33. The van der Waals surface area contributed by atoms with Crippen LogP contribution >= 0.6 is 0 Å². The molecule has 0 aliphatic carbocycles. The number of carbonyl (C=O) groups is 3. The van der Waals surface area contributed by atoms with Crippen LogP contribution in [0.15, 0.2) is 90.1 Å². The maximum atomic E-state index is 13.4. The van der Waals surface area contributed by atoms with Gasteiger partial charge in [0.15, 0.2) is 0 Å². The van der Waals surface area contributed by atoms with Crippen molar-refractivity contribution < 1.29 is 28.7 Å². The second kappa shape index (κ2) is 21.7. The number of hydrogen-bond acceptors (Lipinski definition) is 8. The number of ether oxygens (including phenoxy) is 2. The molecule has 10 nitrogen and oxygen atoms in total. The SMILES string of the molecule is CCCCCCN(CCCCCC)C(=O)C=Cc1ccc(-c2nc(-c3ccc(C4=NOC(C(=O)OC(C)(C)C)C4)cc3)[nH]c2-c2ccc(/C=C/C(=O)OC(C)(C)C)cc2)cc1. The van der Waals surface area contributed by atoms with Crippen LogP contribution in [-0.2, 0) is 28.7 Å². The molecule has 4 aromatic rings. The van der Waals surface area contributed by atoms with Crippen molar-refractivity contribution >= 4 is 35.7 Å². The van der Waals surface area contributed by atoms with Crippen molar-refractivity contribution in [3.63, 3.8) is 0 Å². The fourth-order valence-corrected chi connectivity index (χ4v) is 6.87. The molecule has 0 fully saturated rings. The van der Waals surface area contributed by atoms with Gasteiger partial charge in [0.1, 0.15) is 17.0 Å². The lowest BCUT2D eigenvalue weighted by atomic mass is 10.0. The van der Waals surface area contributed by atoms with Gasteiger partial charge in [0.25, 0.3) is 0 Å². The number of esters is 2. The molecule has 0 saturated carbocycles. The molecule has 10 heteroatoms. The van der Waals surface area contributed by atoms with Gasteiger partial charge in [-0.3, -0.25) is 4.79 Å². The lowest BCUT2D eigenvalue weighted by Gasteiger charge is -2.21. The summed E-state index contributed by atoms with van der Waals surface area (Å²) in [4.78, 5) is 54.4. The maximum absolute atomic E-state index is 13.4. The zero-order chi connectivity index (χ0) is 44.0. The molecule has 5 rings (SSSR count). The van der Waals surface area contributed by atoms with Gasteiger partial charge in [-0.15, -0.1) is 0 Å². The van der Waals surface area contributed by atoms with Crippen LogP contribution in [0.4, 0.5) is 0 Å². The first kappa shape index (κ1) is 46.3. The molecule has 0 spiro atoms. The Morgan fingerprint density at radius 2 is 1.21 bits per heavy atom. The van der Waals surface area contributed by atoms with Crippen molar-refractivity contribution in [3.8, 4) is 33.9 Å². The van der Waals surface area contributed by atoms with E-state index in [1.165, 1.54) is 31.8 Å². The van der Waals surface area contributed by atoms with Gasteiger partial charge in [-0.1, -0.05) is 130 Å². The Balaban J connectivity index is 1.38. The summed E-state index contributed by atoms with van der Waals surface area (Å²) in [7, 11) is 0. The first-order valence-corrected chi connectivity index (χ1v) is 21.9. The number of nitrogens with one attached hydrogen (secondary N) is 1. The number of H-pyrrole nitrogens is 1. The van der Waals surface area contributed by atoms with E-state index in [0.717, 1.165) is 83.5 Å². The molecular formula is C51H64N4O6. The Morgan fingerprint density at radius 1 is 0.689 bits per heavy atom. The summed E-state index contributed by atoms with van der Waals surface area (Å²) < 4.78 is 10.9. The Kier molecular flexibility index (Phi) is 16.4. The van der Waals surface area contributed by atoms with Gasteiger partial charge in [0.2, 0.25) is 12.0 Å². The van der Waals surface area contributed by atoms with E-state index in [4.69, 9.17) is 19.3 Å². The lowest BCUT2D eigenvalue weighted by molar-refractivity contribution is -0.166. The molecule has 1 atom stereocenters. The summed E-state index contributed by atoms with van der Waals surface area (Å²) in [5.41, 5.74) is 6.39. The van der Waals surface area contributed by atoms with Crippen LogP contribution in [0.25, 0.3) is 46.1 Å². The minimum absolute atomic E-state index is 0.0575. The van der Waals surface area contributed by atoms with E-state index >= 15 is 0 Å². The zero-order valence-corrected chi connectivity index (χ0v) is 37.4. The third kappa shape index (κ3) is 14.4. The molecule has 1 unspecified atom stereocenters. The average molecular weight is 829 g/mol. The standard InChI is InChI=1S/C51H64N4O6/c1-9-11-13-15-33-55(34-16-14-12-10-2)44(56)31-21-36-17-23-39(24-18-36)46-47(40-25-19-37(20-26-40)22-32-45(57)59-50(3,4)5)53-48(52-46)41-29-27-38(28-30-41)42-35-43(61-54-42)49(58)60-51(6,7)8/h17-32,43H,9-16,33-35H2,1-8H3,(H,52,53)/b31-21?,32-22+. The quantitative estimate of drug-likeness (QED) is 0.0567. The highest BCUT2D eigenvalue weighted by Crippen LogP contribution is 2.34. The molecule has 1 aliphatic heterocycles. The summed E-state index contributed by atoms with van der Waals surface area (Å²) in [5, 5.41) is 4.19. The zero-order valence-electron chi connectivity index (χ0n) is 37.4.